The highest BCUT2D eigenvalue weighted by Crippen LogP contribution is 2.27. The van der Waals surface area contributed by atoms with E-state index in [2.05, 4.69) is 0 Å². The smallest absolute Gasteiger partial charge is 0.227 e. The van der Waals surface area contributed by atoms with Gasteiger partial charge in [-0.15, -0.1) is 0 Å². The van der Waals surface area contributed by atoms with E-state index in [-0.39, 0.29) is 31.1 Å². The van der Waals surface area contributed by atoms with Crippen LogP contribution in [0.1, 0.15) is 12.0 Å². The summed E-state index contributed by atoms with van der Waals surface area (Å²) in [5, 5.41) is 10.4. The second-order valence-corrected chi connectivity index (χ2v) is 5.78. The van der Waals surface area contributed by atoms with E-state index in [0.29, 0.717) is 24.3 Å². The summed E-state index contributed by atoms with van der Waals surface area (Å²) in [4.78, 5) is 14.3. The van der Waals surface area contributed by atoms with Gasteiger partial charge in [-0.05, 0) is 18.6 Å². The molecule has 3 rings (SSSR count). The van der Waals surface area contributed by atoms with Crippen LogP contribution in [0.2, 0.25) is 0 Å². The molecule has 6 heteroatoms. The van der Waals surface area contributed by atoms with Crippen LogP contribution in [0.3, 0.4) is 0 Å². The summed E-state index contributed by atoms with van der Waals surface area (Å²) in [7, 11) is 3.23. The van der Waals surface area contributed by atoms with Gasteiger partial charge in [0, 0.05) is 30.7 Å². The topological polar surface area (TPSA) is 72.1 Å². The molecule has 2 heterocycles. The Hall–Kier alpha value is -2.05. The van der Waals surface area contributed by atoms with Gasteiger partial charge in [0.15, 0.2) is 0 Å². The Labute approximate surface area is 134 Å². The fourth-order valence-electron chi connectivity index (χ4n) is 3.11. The lowest BCUT2D eigenvalue weighted by Crippen LogP contribution is -2.38. The number of likely N-dealkylation sites (tertiary alicyclic amines) is 1. The first-order valence-corrected chi connectivity index (χ1v) is 7.63. The zero-order chi connectivity index (χ0) is 16.4. The standard InChI is InChI=1S/C17H21NO5/c1-21-13-3-4-15-11(10-23-16(15)7-13)5-17(20)18-8-14(22-2)6-12(18)9-19/h3-4,7,10,12,14,19H,5-6,8-9H2,1-2H3/t12-,14-/m0/s1. The largest absolute Gasteiger partial charge is 0.497 e. The predicted molar refractivity (Wildman–Crippen MR) is 84.5 cm³/mol. The number of benzene rings is 1. The maximum absolute atomic E-state index is 12.6. The lowest BCUT2D eigenvalue weighted by Gasteiger charge is -2.22. The van der Waals surface area contributed by atoms with E-state index in [1.54, 1.807) is 31.4 Å². The molecule has 0 spiro atoms. The first-order chi connectivity index (χ1) is 11.2. The van der Waals surface area contributed by atoms with Gasteiger partial charge >= 0.3 is 0 Å². The summed E-state index contributed by atoms with van der Waals surface area (Å²) in [6, 6.07) is 5.37. The van der Waals surface area contributed by atoms with Crippen LogP contribution in [-0.4, -0.2) is 55.4 Å². The third-order valence-electron chi connectivity index (χ3n) is 4.45. The van der Waals surface area contributed by atoms with Gasteiger partial charge < -0.3 is 23.9 Å². The highest BCUT2D eigenvalue weighted by molar-refractivity contribution is 5.88. The van der Waals surface area contributed by atoms with E-state index >= 15 is 0 Å². The normalized spacial score (nSPS) is 21.1. The Morgan fingerprint density at radius 3 is 2.96 bits per heavy atom. The molecule has 2 aromatic rings. The van der Waals surface area contributed by atoms with Crippen LogP contribution in [-0.2, 0) is 16.0 Å². The molecule has 0 unspecified atom stereocenters. The molecular formula is C17H21NO5. The van der Waals surface area contributed by atoms with Crippen LogP contribution >= 0.6 is 0 Å². The number of hydrogen-bond donors (Lipinski definition) is 1. The van der Waals surface area contributed by atoms with Crippen molar-refractivity contribution in [1.29, 1.82) is 0 Å². The molecule has 6 nitrogen and oxygen atoms in total. The van der Waals surface area contributed by atoms with Crippen molar-refractivity contribution in [3.8, 4) is 5.75 Å². The third kappa shape index (κ3) is 3.04. The van der Waals surface area contributed by atoms with E-state index in [0.717, 1.165) is 10.9 Å². The van der Waals surface area contributed by atoms with Crippen molar-refractivity contribution in [2.75, 3.05) is 27.4 Å². The van der Waals surface area contributed by atoms with Crippen LogP contribution in [0.25, 0.3) is 11.0 Å². The minimum atomic E-state index is -0.175. The van der Waals surface area contributed by atoms with Crippen molar-refractivity contribution in [1.82, 2.24) is 4.90 Å². The molecule has 1 aliphatic heterocycles. The number of aliphatic hydroxyl groups is 1. The average Bonchev–Trinajstić information content (AvgIpc) is 3.18. The second kappa shape index (κ2) is 6.60. The molecule has 1 aromatic carbocycles. The molecule has 1 saturated heterocycles. The van der Waals surface area contributed by atoms with Gasteiger partial charge in [-0.2, -0.15) is 0 Å². The Kier molecular flexibility index (Phi) is 4.54. The van der Waals surface area contributed by atoms with E-state index in [9.17, 15) is 9.90 Å². The fourth-order valence-corrected chi connectivity index (χ4v) is 3.11. The number of carbonyl (C=O) groups excluding carboxylic acids is 1. The molecule has 1 fully saturated rings. The Morgan fingerprint density at radius 2 is 2.26 bits per heavy atom. The van der Waals surface area contributed by atoms with Gasteiger partial charge in [-0.25, -0.2) is 0 Å². The summed E-state index contributed by atoms with van der Waals surface area (Å²) in [6.45, 7) is 0.471. The number of nitrogens with zero attached hydrogens (tertiary/aromatic N) is 1. The molecule has 0 saturated carbocycles. The molecular weight excluding hydrogens is 298 g/mol. The van der Waals surface area contributed by atoms with Crippen LogP contribution in [0.15, 0.2) is 28.9 Å². The molecule has 0 aliphatic carbocycles. The minimum absolute atomic E-state index is 0.0125. The summed E-state index contributed by atoms with van der Waals surface area (Å²) in [5.41, 5.74) is 1.53. The molecule has 0 radical (unpaired) electrons. The minimum Gasteiger partial charge on any atom is -0.497 e. The van der Waals surface area contributed by atoms with E-state index < -0.39 is 0 Å². The van der Waals surface area contributed by atoms with E-state index in [1.807, 2.05) is 12.1 Å². The van der Waals surface area contributed by atoms with Gasteiger partial charge in [-0.3, -0.25) is 4.79 Å². The Bertz CT molecular complexity index is 695. The number of furan rings is 1. The van der Waals surface area contributed by atoms with Crippen molar-refractivity contribution in [3.05, 3.63) is 30.0 Å². The molecule has 1 amide bonds. The van der Waals surface area contributed by atoms with Gasteiger partial charge in [0.1, 0.15) is 11.3 Å². The van der Waals surface area contributed by atoms with Crippen molar-refractivity contribution in [2.24, 2.45) is 0 Å². The molecule has 1 N–H and O–H groups in total. The number of hydrogen-bond acceptors (Lipinski definition) is 5. The molecule has 23 heavy (non-hydrogen) atoms. The maximum atomic E-state index is 12.6. The zero-order valence-electron chi connectivity index (χ0n) is 13.3. The van der Waals surface area contributed by atoms with Crippen molar-refractivity contribution in [3.63, 3.8) is 0 Å². The van der Waals surface area contributed by atoms with Gasteiger partial charge in [0.05, 0.1) is 38.5 Å². The average molecular weight is 319 g/mol. The first kappa shape index (κ1) is 15.8. The van der Waals surface area contributed by atoms with Crippen LogP contribution < -0.4 is 4.74 Å². The van der Waals surface area contributed by atoms with Crippen LogP contribution in [0, 0.1) is 0 Å². The van der Waals surface area contributed by atoms with Crippen molar-refractivity contribution >= 4 is 16.9 Å². The van der Waals surface area contributed by atoms with E-state index in [1.165, 1.54) is 0 Å². The van der Waals surface area contributed by atoms with E-state index in [4.69, 9.17) is 13.9 Å². The first-order valence-electron chi connectivity index (χ1n) is 7.63. The Morgan fingerprint density at radius 1 is 1.43 bits per heavy atom. The number of carbonyl (C=O) groups is 1. The number of rotatable bonds is 5. The SMILES string of the molecule is COc1ccc2c(CC(=O)N3C[C@@H](OC)C[C@H]3CO)coc2c1. The summed E-state index contributed by atoms with van der Waals surface area (Å²) >= 11 is 0. The van der Waals surface area contributed by atoms with Crippen LogP contribution in [0.5, 0.6) is 5.75 Å². The van der Waals surface area contributed by atoms with Gasteiger partial charge in [-0.1, -0.05) is 0 Å². The third-order valence-corrected chi connectivity index (χ3v) is 4.45. The molecule has 0 bridgehead atoms. The van der Waals surface area contributed by atoms with Gasteiger partial charge in [0.25, 0.3) is 0 Å². The second-order valence-electron chi connectivity index (χ2n) is 5.78. The van der Waals surface area contributed by atoms with Gasteiger partial charge in [0.2, 0.25) is 5.91 Å². The molecule has 124 valence electrons. The monoisotopic (exact) mass is 319 g/mol. The fraction of sp³-hybridized carbons (Fsp3) is 0.471. The zero-order valence-corrected chi connectivity index (χ0v) is 13.3. The Balaban J connectivity index is 1.77. The lowest BCUT2D eigenvalue weighted by molar-refractivity contribution is -0.132. The summed E-state index contributed by atoms with van der Waals surface area (Å²) in [6.07, 6.45) is 2.51. The highest BCUT2D eigenvalue weighted by Gasteiger charge is 2.34. The number of aliphatic hydroxyl groups excluding tert-OH is 1. The quantitative estimate of drug-likeness (QED) is 0.906. The maximum Gasteiger partial charge on any atom is 0.227 e. The van der Waals surface area contributed by atoms with Crippen LogP contribution in [0.4, 0.5) is 0 Å². The lowest BCUT2D eigenvalue weighted by atomic mass is 10.1. The number of fused-ring (bicyclic) bond motifs is 1. The highest BCUT2D eigenvalue weighted by atomic mass is 16.5. The summed E-state index contributed by atoms with van der Waals surface area (Å²) < 4.78 is 16.0. The number of amides is 1. The molecule has 1 aliphatic rings. The molecule has 2 atom stereocenters. The predicted octanol–water partition coefficient (Wildman–Crippen LogP) is 1.59. The number of ether oxygens (including phenoxy) is 2. The van der Waals surface area contributed by atoms with Crippen molar-refractivity contribution < 1.29 is 23.8 Å². The number of methoxy groups -OCH3 is 2. The van der Waals surface area contributed by atoms with Crippen molar-refractivity contribution in [2.45, 2.75) is 25.0 Å². The summed E-state index contributed by atoms with van der Waals surface area (Å²) in [5.74, 6) is 0.690. The molecule has 1 aromatic heterocycles.